The normalized spacial score (nSPS) is 23.4. The van der Waals surface area contributed by atoms with Gasteiger partial charge >= 0.3 is 12.5 Å². The van der Waals surface area contributed by atoms with Crippen LogP contribution in [0.15, 0.2) is 30.5 Å². The summed E-state index contributed by atoms with van der Waals surface area (Å²) in [4.78, 5) is 55.0. The fourth-order valence-corrected chi connectivity index (χ4v) is 4.73. The van der Waals surface area contributed by atoms with Gasteiger partial charge in [0.15, 0.2) is 0 Å². The average molecular weight is 558 g/mol. The number of hydrogen-bond acceptors (Lipinski definition) is 7. The Kier molecular flexibility index (Phi) is 7.76. The fraction of sp³-hybridized carbons (Fsp3) is 0.435. The number of ether oxygens (including phenoxy) is 1. The average Bonchev–Trinajstić information content (AvgIpc) is 2.83. The Bertz CT molecular complexity index is 1270. The summed E-state index contributed by atoms with van der Waals surface area (Å²) in [5.74, 6) is 2.29. The topological polar surface area (TPSA) is 155 Å². The van der Waals surface area contributed by atoms with E-state index in [1.165, 1.54) is 6.20 Å². The Balaban J connectivity index is 1.35. The lowest BCUT2D eigenvalue weighted by Gasteiger charge is -2.40. The van der Waals surface area contributed by atoms with Gasteiger partial charge in [0.05, 0.1) is 17.2 Å². The number of pyridine rings is 1. The molecule has 204 valence electrons. The number of fused-ring (bicyclic) bond motifs is 1. The number of carbonyl (C=O) groups excluding carboxylic acids is 3. The largest absolute Gasteiger partial charge is 0.522 e. The number of halogens is 4. The molecule has 1 aliphatic carbocycles. The van der Waals surface area contributed by atoms with Crippen LogP contribution in [0.5, 0.6) is 0 Å². The highest BCUT2D eigenvalue weighted by molar-refractivity contribution is 6.31. The molecule has 2 aromatic rings. The Morgan fingerprint density at radius 2 is 1.87 bits per heavy atom. The van der Waals surface area contributed by atoms with Crippen molar-refractivity contribution in [1.82, 2.24) is 20.2 Å². The van der Waals surface area contributed by atoms with Crippen molar-refractivity contribution in [3.05, 3.63) is 41.0 Å². The van der Waals surface area contributed by atoms with Gasteiger partial charge in [0, 0.05) is 35.1 Å². The van der Waals surface area contributed by atoms with Crippen LogP contribution < -0.4 is 11.2 Å². The van der Waals surface area contributed by atoms with E-state index in [1.54, 1.807) is 24.3 Å². The van der Waals surface area contributed by atoms with Gasteiger partial charge in [0.2, 0.25) is 5.91 Å². The lowest BCUT2D eigenvalue weighted by Crippen LogP contribution is -2.61. The van der Waals surface area contributed by atoms with Gasteiger partial charge in [-0.2, -0.15) is 0 Å². The maximum absolute atomic E-state index is 12.9. The molecular weight excluding hydrogens is 535 g/mol. The van der Waals surface area contributed by atoms with Crippen LogP contribution in [0.2, 0.25) is 5.02 Å². The number of aromatic nitrogens is 1. The number of imide groups is 1. The highest BCUT2D eigenvalue weighted by Gasteiger charge is 2.46. The van der Waals surface area contributed by atoms with E-state index < -0.39 is 54.3 Å². The minimum Gasteiger partial charge on any atom is -0.465 e. The van der Waals surface area contributed by atoms with E-state index >= 15 is 0 Å². The van der Waals surface area contributed by atoms with Crippen molar-refractivity contribution in [2.24, 2.45) is 11.8 Å². The molecule has 15 heteroatoms. The lowest BCUT2D eigenvalue weighted by molar-refractivity contribution is -0.353. The highest BCUT2D eigenvalue weighted by atomic mass is 35.5. The predicted molar refractivity (Wildman–Crippen MR) is 125 cm³/mol. The van der Waals surface area contributed by atoms with Crippen molar-refractivity contribution in [1.29, 1.82) is 0 Å². The van der Waals surface area contributed by atoms with E-state index in [9.17, 15) is 37.5 Å². The summed E-state index contributed by atoms with van der Waals surface area (Å²) in [6.45, 7) is -0.249. The van der Waals surface area contributed by atoms with Gasteiger partial charge in [-0.25, -0.2) is 15.6 Å². The number of alkyl halides is 3. The smallest absolute Gasteiger partial charge is 0.465 e. The number of nitrogens with one attached hydrogen (secondary N) is 1. The van der Waals surface area contributed by atoms with Crippen LogP contribution in [0.3, 0.4) is 0 Å². The van der Waals surface area contributed by atoms with E-state index in [4.69, 9.17) is 17.4 Å². The number of rotatable bonds is 5. The Morgan fingerprint density at radius 1 is 1.16 bits per heavy atom. The summed E-state index contributed by atoms with van der Waals surface area (Å²) in [6, 6.07) is 4.67. The molecule has 11 nitrogen and oxygen atoms in total. The fourth-order valence-electron chi connectivity index (χ4n) is 4.56. The van der Waals surface area contributed by atoms with Crippen LogP contribution in [-0.4, -0.2) is 74.9 Å². The van der Waals surface area contributed by atoms with Gasteiger partial charge in [-0.3, -0.25) is 29.0 Å². The molecule has 2 atom stereocenters. The number of carboxylic acid groups (broad SMARTS) is 1. The number of likely N-dealkylation sites (tertiary alicyclic amines) is 1. The van der Waals surface area contributed by atoms with Crippen LogP contribution in [0.1, 0.15) is 36.0 Å². The molecule has 4 amide bonds. The maximum Gasteiger partial charge on any atom is 0.522 e. The molecule has 2 heterocycles. The van der Waals surface area contributed by atoms with Crippen LogP contribution in [0.25, 0.3) is 10.9 Å². The minimum atomic E-state index is -4.84. The summed E-state index contributed by atoms with van der Waals surface area (Å²) in [7, 11) is 0. The zero-order chi connectivity index (χ0) is 27.8. The van der Waals surface area contributed by atoms with Crippen molar-refractivity contribution in [2.75, 3.05) is 6.54 Å². The van der Waals surface area contributed by atoms with Crippen LogP contribution in [0.4, 0.5) is 18.0 Å². The molecule has 4 rings (SSSR count). The van der Waals surface area contributed by atoms with Crippen molar-refractivity contribution in [3.8, 4) is 0 Å². The molecule has 0 unspecified atom stereocenters. The second-order valence-electron chi connectivity index (χ2n) is 9.16. The summed E-state index contributed by atoms with van der Waals surface area (Å²) in [6.07, 6.45) is -6.53. The third kappa shape index (κ3) is 6.14. The number of nitrogens with zero attached hydrogens (tertiary/aromatic N) is 3. The Hall–Kier alpha value is -3.49. The van der Waals surface area contributed by atoms with Gasteiger partial charge in [-0.1, -0.05) is 17.7 Å². The zero-order valence-corrected chi connectivity index (χ0v) is 20.4. The van der Waals surface area contributed by atoms with Crippen molar-refractivity contribution >= 4 is 46.3 Å². The monoisotopic (exact) mass is 557 g/mol. The van der Waals surface area contributed by atoms with Crippen LogP contribution in [0, 0.1) is 5.92 Å². The molecule has 1 aliphatic heterocycles. The molecule has 2 aliphatic rings. The molecule has 1 aromatic heterocycles. The van der Waals surface area contributed by atoms with Gasteiger partial charge in [0.1, 0.15) is 6.04 Å². The lowest BCUT2D eigenvalue weighted by atomic mass is 9.81. The number of piperidine rings is 1. The zero-order valence-electron chi connectivity index (χ0n) is 19.7. The second kappa shape index (κ2) is 10.7. The molecule has 1 saturated heterocycles. The standard InChI is InChI=1S/C23H23ClF3N5O6/c24-14-2-1-11-5-13(9-29-17(11)8-14)19(33)30-15-3-4-18(31(10-15)22(36)37)21(35)32(28)20(34)12-6-16(7-12)38-23(25,26)27/h1-2,5,8-9,12,15-16,18H,3-4,6-7,10,28H2,(H,30,33)(H,36,37)/t12?,15-,16?,18+/m0/s1. The van der Waals surface area contributed by atoms with E-state index in [-0.39, 0.29) is 42.8 Å². The quantitative estimate of drug-likeness (QED) is 0.219. The number of nitrogens with two attached hydrogens (primary N) is 1. The first-order chi connectivity index (χ1) is 17.8. The SMILES string of the molecule is NN(C(=O)C1CC(OC(F)(F)F)C1)C(=O)[C@H]1CC[C@H](NC(=O)c2cnc3cc(Cl)ccc3c2)CN1C(=O)O. The first kappa shape index (κ1) is 27.5. The summed E-state index contributed by atoms with van der Waals surface area (Å²) in [5.41, 5.74) is 0.836. The van der Waals surface area contributed by atoms with Crippen molar-refractivity contribution < 1.29 is 42.2 Å². The third-order valence-corrected chi connectivity index (χ3v) is 6.81. The van der Waals surface area contributed by atoms with E-state index in [0.717, 1.165) is 4.90 Å². The Morgan fingerprint density at radius 3 is 2.53 bits per heavy atom. The number of hydrogen-bond donors (Lipinski definition) is 3. The minimum absolute atomic E-state index is 0.0456. The predicted octanol–water partition coefficient (Wildman–Crippen LogP) is 2.67. The van der Waals surface area contributed by atoms with Crippen LogP contribution in [-0.2, 0) is 14.3 Å². The third-order valence-electron chi connectivity index (χ3n) is 6.58. The summed E-state index contributed by atoms with van der Waals surface area (Å²) >= 11 is 5.94. The first-order valence-corrected chi connectivity index (χ1v) is 11.9. The van der Waals surface area contributed by atoms with Gasteiger partial charge in [0.25, 0.3) is 11.8 Å². The van der Waals surface area contributed by atoms with E-state index in [2.05, 4.69) is 15.0 Å². The van der Waals surface area contributed by atoms with Gasteiger partial charge in [-0.15, -0.1) is 13.2 Å². The highest BCUT2D eigenvalue weighted by Crippen LogP contribution is 2.36. The molecular formula is C23H23ClF3N5O6. The summed E-state index contributed by atoms with van der Waals surface area (Å²) < 4.78 is 40.7. The molecule has 0 radical (unpaired) electrons. The molecule has 38 heavy (non-hydrogen) atoms. The van der Waals surface area contributed by atoms with Crippen molar-refractivity contribution in [3.63, 3.8) is 0 Å². The van der Waals surface area contributed by atoms with E-state index in [1.807, 2.05) is 0 Å². The molecule has 1 saturated carbocycles. The number of hydrazine groups is 1. The molecule has 2 fully saturated rings. The number of benzene rings is 1. The molecule has 0 spiro atoms. The maximum atomic E-state index is 12.9. The molecule has 0 bridgehead atoms. The summed E-state index contributed by atoms with van der Waals surface area (Å²) in [5, 5.41) is 13.8. The first-order valence-electron chi connectivity index (χ1n) is 11.5. The molecule has 4 N–H and O–H groups in total. The van der Waals surface area contributed by atoms with Gasteiger partial charge < -0.3 is 10.4 Å². The second-order valence-corrected chi connectivity index (χ2v) is 9.60. The van der Waals surface area contributed by atoms with Crippen LogP contribution >= 0.6 is 11.6 Å². The molecule has 1 aromatic carbocycles. The number of carbonyl (C=O) groups is 4. The van der Waals surface area contributed by atoms with E-state index in [0.29, 0.717) is 15.9 Å². The van der Waals surface area contributed by atoms with Gasteiger partial charge in [-0.05, 0) is 43.9 Å². The van der Waals surface area contributed by atoms with Crippen molar-refractivity contribution in [2.45, 2.75) is 50.2 Å². The number of amides is 4. The Labute approximate surface area is 218 Å².